The summed E-state index contributed by atoms with van der Waals surface area (Å²) in [5.41, 5.74) is -0.624. The Balaban J connectivity index is 1.66. The highest BCUT2D eigenvalue weighted by atomic mass is 19.1. The van der Waals surface area contributed by atoms with Crippen molar-refractivity contribution in [1.29, 1.82) is 0 Å². The average molecular weight is 293 g/mol. The van der Waals surface area contributed by atoms with E-state index in [0.717, 1.165) is 19.3 Å². The summed E-state index contributed by atoms with van der Waals surface area (Å²) < 4.78 is 23.7. The van der Waals surface area contributed by atoms with Crippen LogP contribution in [0.2, 0.25) is 0 Å². The van der Waals surface area contributed by atoms with Crippen LogP contribution in [-0.2, 0) is 9.53 Å². The molecule has 0 spiro atoms. The number of carbonyl (C=O) groups is 1. The van der Waals surface area contributed by atoms with E-state index in [1.54, 1.807) is 12.1 Å². The van der Waals surface area contributed by atoms with E-state index >= 15 is 0 Å². The fourth-order valence-corrected chi connectivity index (χ4v) is 3.00. The van der Waals surface area contributed by atoms with Gasteiger partial charge in [0.15, 0.2) is 0 Å². The van der Waals surface area contributed by atoms with Crippen molar-refractivity contribution in [1.82, 2.24) is 5.32 Å². The third kappa shape index (κ3) is 3.18. The lowest BCUT2D eigenvalue weighted by atomic mass is 9.97. The Morgan fingerprint density at radius 1 is 1.29 bits per heavy atom. The molecule has 2 aliphatic rings. The Kier molecular flexibility index (Phi) is 3.85. The predicted molar refractivity (Wildman–Crippen MR) is 75.6 cm³/mol. The molecule has 1 aromatic rings. The maximum absolute atomic E-state index is 12.9. The van der Waals surface area contributed by atoms with Crippen molar-refractivity contribution in [3.05, 3.63) is 30.1 Å². The summed E-state index contributed by atoms with van der Waals surface area (Å²) >= 11 is 0. The molecule has 4 nitrogen and oxygen atoms in total. The van der Waals surface area contributed by atoms with Gasteiger partial charge in [0.1, 0.15) is 23.2 Å². The highest BCUT2D eigenvalue weighted by molar-refractivity contribution is 5.81. The van der Waals surface area contributed by atoms with E-state index in [9.17, 15) is 9.18 Å². The lowest BCUT2D eigenvalue weighted by Crippen LogP contribution is -2.52. The van der Waals surface area contributed by atoms with Crippen molar-refractivity contribution >= 4 is 5.97 Å². The molecule has 2 atom stereocenters. The van der Waals surface area contributed by atoms with Crippen LogP contribution in [0.1, 0.15) is 32.1 Å². The first kappa shape index (κ1) is 14.3. The quantitative estimate of drug-likeness (QED) is 0.847. The molecule has 0 radical (unpaired) electrons. The van der Waals surface area contributed by atoms with Crippen molar-refractivity contribution in [3.8, 4) is 5.75 Å². The zero-order valence-electron chi connectivity index (χ0n) is 12.1. The molecule has 2 unspecified atom stereocenters. The third-order valence-electron chi connectivity index (χ3n) is 4.22. The highest BCUT2D eigenvalue weighted by Gasteiger charge is 2.49. The molecular formula is C16H20FNO3. The fourth-order valence-electron chi connectivity index (χ4n) is 3.00. The molecule has 0 heterocycles. The summed E-state index contributed by atoms with van der Waals surface area (Å²) in [4.78, 5) is 12.2. The molecule has 5 heteroatoms. The first-order valence-corrected chi connectivity index (χ1v) is 7.40. The summed E-state index contributed by atoms with van der Waals surface area (Å²) in [5, 5.41) is 3.43. The van der Waals surface area contributed by atoms with Gasteiger partial charge in [-0.25, -0.2) is 4.39 Å². The molecule has 0 aliphatic heterocycles. The van der Waals surface area contributed by atoms with Gasteiger partial charge in [-0.05, 0) is 49.9 Å². The molecule has 0 bridgehead atoms. The number of rotatable bonds is 5. The first-order chi connectivity index (χ1) is 10.1. The monoisotopic (exact) mass is 293 g/mol. The van der Waals surface area contributed by atoms with E-state index in [0.29, 0.717) is 24.6 Å². The molecule has 1 N–H and O–H groups in total. The molecule has 21 heavy (non-hydrogen) atoms. The summed E-state index contributed by atoms with van der Waals surface area (Å²) in [6.07, 6.45) is 4.26. The summed E-state index contributed by atoms with van der Waals surface area (Å²) in [7, 11) is 1.42. The molecule has 0 amide bonds. The number of methoxy groups -OCH3 is 1. The normalized spacial score (nSPS) is 28.4. The number of nitrogens with one attached hydrogen (secondary N) is 1. The minimum Gasteiger partial charge on any atom is -0.490 e. The topological polar surface area (TPSA) is 47.6 Å². The largest absolute Gasteiger partial charge is 0.490 e. The van der Waals surface area contributed by atoms with Crippen LogP contribution >= 0.6 is 0 Å². The number of halogens is 1. The smallest absolute Gasteiger partial charge is 0.326 e. The van der Waals surface area contributed by atoms with Crippen molar-refractivity contribution in [2.45, 2.75) is 49.8 Å². The zero-order chi connectivity index (χ0) is 14.9. The SMILES string of the molecule is COC(=O)C1(NC2CC2)CCC(Oc2ccc(F)cc2)C1. The van der Waals surface area contributed by atoms with Gasteiger partial charge >= 0.3 is 5.97 Å². The molecule has 0 saturated heterocycles. The molecule has 2 aliphatic carbocycles. The van der Waals surface area contributed by atoms with Gasteiger partial charge in [0.2, 0.25) is 0 Å². The van der Waals surface area contributed by atoms with Crippen LogP contribution in [0.25, 0.3) is 0 Å². The number of benzene rings is 1. The molecular weight excluding hydrogens is 273 g/mol. The number of hydrogen-bond acceptors (Lipinski definition) is 4. The molecule has 2 saturated carbocycles. The highest BCUT2D eigenvalue weighted by Crippen LogP contribution is 2.36. The fraction of sp³-hybridized carbons (Fsp3) is 0.562. The van der Waals surface area contributed by atoms with Crippen LogP contribution in [0.4, 0.5) is 4.39 Å². The molecule has 3 rings (SSSR count). The van der Waals surface area contributed by atoms with Crippen molar-refractivity contribution in [2.24, 2.45) is 0 Å². The average Bonchev–Trinajstić information content (AvgIpc) is 3.20. The van der Waals surface area contributed by atoms with Crippen LogP contribution in [0, 0.1) is 5.82 Å². The maximum Gasteiger partial charge on any atom is 0.326 e. The summed E-state index contributed by atoms with van der Waals surface area (Å²) in [6, 6.07) is 6.40. The van der Waals surface area contributed by atoms with Gasteiger partial charge in [-0.3, -0.25) is 10.1 Å². The van der Waals surface area contributed by atoms with E-state index in [2.05, 4.69) is 5.32 Å². The van der Waals surface area contributed by atoms with Gasteiger partial charge in [-0.1, -0.05) is 0 Å². The van der Waals surface area contributed by atoms with Gasteiger partial charge in [0.05, 0.1) is 7.11 Å². The van der Waals surface area contributed by atoms with Gasteiger partial charge in [0.25, 0.3) is 0 Å². The van der Waals surface area contributed by atoms with Gasteiger partial charge in [-0.15, -0.1) is 0 Å². The maximum atomic E-state index is 12.9. The molecule has 0 aromatic heterocycles. The first-order valence-electron chi connectivity index (χ1n) is 7.40. The van der Waals surface area contributed by atoms with Gasteiger partial charge < -0.3 is 9.47 Å². The molecule has 114 valence electrons. The Hall–Kier alpha value is -1.62. The molecule has 1 aromatic carbocycles. The Morgan fingerprint density at radius 3 is 2.62 bits per heavy atom. The number of hydrogen-bond donors (Lipinski definition) is 1. The van der Waals surface area contributed by atoms with Gasteiger partial charge in [0, 0.05) is 12.5 Å². The van der Waals surface area contributed by atoms with Crippen molar-refractivity contribution in [3.63, 3.8) is 0 Å². The number of esters is 1. The van der Waals surface area contributed by atoms with Crippen LogP contribution in [0.5, 0.6) is 5.75 Å². The lowest BCUT2D eigenvalue weighted by Gasteiger charge is -2.27. The van der Waals surface area contributed by atoms with E-state index in [4.69, 9.17) is 9.47 Å². The zero-order valence-corrected chi connectivity index (χ0v) is 12.1. The van der Waals surface area contributed by atoms with Gasteiger partial charge in [-0.2, -0.15) is 0 Å². The standard InChI is InChI=1S/C16H20FNO3/c1-20-15(19)16(18-12-4-5-12)9-8-14(10-16)21-13-6-2-11(17)3-7-13/h2-3,6-7,12,14,18H,4-5,8-10H2,1H3. The second-order valence-corrected chi connectivity index (χ2v) is 5.93. The Labute approximate surface area is 123 Å². The predicted octanol–water partition coefficient (Wildman–Crippen LogP) is 2.42. The van der Waals surface area contributed by atoms with E-state index in [-0.39, 0.29) is 17.9 Å². The molecule has 2 fully saturated rings. The third-order valence-corrected chi connectivity index (χ3v) is 4.22. The minimum atomic E-state index is -0.624. The minimum absolute atomic E-state index is 0.0548. The van der Waals surface area contributed by atoms with E-state index < -0.39 is 5.54 Å². The Bertz CT molecular complexity index is 515. The van der Waals surface area contributed by atoms with Crippen LogP contribution in [0.15, 0.2) is 24.3 Å². The summed E-state index contributed by atoms with van der Waals surface area (Å²) in [6.45, 7) is 0. The van der Waals surface area contributed by atoms with Crippen molar-refractivity contribution < 1.29 is 18.7 Å². The van der Waals surface area contributed by atoms with E-state index in [1.165, 1.54) is 19.2 Å². The second-order valence-electron chi connectivity index (χ2n) is 5.93. The lowest BCUT2D eigenvalue weighted by molar-refractivity contribution is -0.148. The van der Waals surface area contributed by atoms with E-state index in [1.807, 2.05) is 0 Å². The van der Waals surface area contributed by atoms with Crippen LogP contribution in [0.3, 0.4) is 0 Å². The second kappa shape index (κ2) is 5.64. The van der Waals surface area contributed by atoms with Crippen LogP contribution < -0.4 is 10.1 Å². The Morgan fingerprint density at radius 2 is 2.00 bits per heavy atom. The number of ether oxygens (including phenoxy) is 2. The summed E-state index contributed by atoms with van der Waals surface area (Å²) in [5.74, 6) is 0.140. The number of carbonyl (C=O) groups excluding carboxylic acids is 1. The van der Waals surface area contributed by atoms with Crippen molar-refractivity contribution in [2.75, 3.05) is 7.11 Å². The van der Waals surface area contributed by atoms with Crippen LogP contribution in [-0.4, -0.2) is 30.8 Å².